The molecular weight excluding hydrogens is 346 g/mol. The van der Waals surface area contributed by atoms with Gasteiger partial charge < -0.3 is 10.6 Å². The van der Waals surface area contributed by atoms with E-state index in [4.69, 9.17) is 5.73 Å². The number of carbonyl (C=O) groups excluding carboxylic acids is 2. The molecule has 0 aromatic heterocycles. The van der Waals surface area contributed by atoms with Crippen LogP contribution in [0.3, 0.4) is 0 Å². The minimum atomic E-state index is -0.791. The molecule has 0 aliphatic carbocycles. The van der Waals surface area contributed by atoms with Gasteiger partial charge in [0.2, 0.25) is 5.91 Å². The Morgan fingerprint density at radius 2 is 2.00 bits per heavy atom. The molecule has 0 saturated carbocycles. The van der Waals surface area contributed by atoms with Crippen molar-refractivity contribution in [3.8, 4) is 0 Å². The van der Waals surface area contributed by atoms with Gasteiger partial charge in [0.25, 0.3) is 0 Å². The second-order valence-electron chi connectivity index (χ2n) is 5.53. The minimum absolute atomic E-state index is 0.113. The van der Waals surface area contributed by atoms with Crippen molar-refractivity contribution in [3.05, 3.63) is 47.0 Å². The van der Waals surface area contributed by atoms with Crippen molar-refractivity contribution in [2.75, 3.05) is 7.05 Å². The van der Waals surface area contributed by atoms with Crippen LogP contribution in [0.2, 0.25) is 0 Å². The second-order valence-corrected chi connectivity index (χ2v) is 6.65. The van der Waals surface area contributed by atoms with E-state index in [1.165, 1.54) is 4.90 Å². The van der Waals surface area contributed by atoms with Gasteiger partial charge in [-0.2, -0.15) is 0 Å². The van der Waals surface area contributed by atoms with Crippen LogP contribution in [0, 0.1) is 0 Å². The standard InChI is InChI=1S/C16H20BrN3O2/c1-10(17)9-13(18)15(21)20-14(11(2)19(3)16(20)22)12-7-5-4-6-8-12/h4-8,11,13-14H,1,9,18H2,2-3H3/t11-,13-,14-/m0/s1. The second kappa shape index (κ2) is 6.62. The third kappa shape index (κ3) is 3.08. The minimum Gasteiger partial charge on any atom is -0.322 e. The van der Waals surface area contributed by atoms with Crippen molar-refractivity contribution >= 4 is 27.9 Å². The molecule has 1 saturated heterocycles. The number of imide groups is 1. The summed E-state index contributed by atoms with van der Waals surface area (Å²) in [4.78, 5) is 28.0. The molecule has 1 heterocycles. The summed E-state index contributed by atoms with van der Waals surface area (Å²) in [6.07, 6.45) is 0.294. The molecule has 1 aliphatic heterocycles. The van der Waals surface area contributed by atoms with Gasteiger partial charge in [0, 0.05) is 13.5 Å². The topological polar surface area (TPSA) is 66.6 Å². The summed E-state index contributed by atoms with van der Waals surface area (Å²) in [6.45, 7) is 5.63. The first kappa shape index (κ1) is 16.7. The van der Waals surface area contributed by atoms with E-state index < -0.39 is 6.04 Å². The van der Waals surface area contributed by atoms with Gasteiger partial charge in [0.05, 0.1) is 18.1 Å². The zero-order valence-electron chi connectivity index (χ0n) is 12.7. The predicted molar refractivity (Wildman–Crippen MR) is 89.3 cm³/mol. The van der Waals surface area contributed by atoms with Crippen LogP contribution in [0.4, 0.5) is 4.79 Å². The average molecular weight is 366 g/mol. The number of hydrogen-bond acceptors (Lipinski definition) is 3. The normalized spacial score (nSPS) is 22.8. The number of amides is 3. The molecule has 1 aromatic carbocycles. The fourth-order valence-electron chi connectivity index (χ4n) is 2.70. The zero-order valence-corrected chi connectivity index (χ0v) is 14.3. The van der Waals surface area contributed by atoms with E-state index in [-0.39, 0.29) is 24.0 Å². The van der Waals surface area contributed by atoms with Gasteiger partial charge in [-0.15, -0.1) is 0 Å². The Balaban J connectivity index is 2.35. The number of carbonyl (C=O) groups is 2. The monoisotopic (exact) mass is 365 g/mol. The van der Waals surface area contributed by atoms with Crippen LogP contribution in [0.15, 0.2) is 41.4 Å². The Bertz CT molecular complexity index is 590. The van der Waals surface area contributed by atoms with E-state index in [2.05, 4.69) is 22.5 Å². The highest BCUT2D eigenvalue weighted by atomic mass is 79.9. The lowest BCUT2D eigenvalue weighted by Crippen LogP contribution is -2.46. The fraction of sp³-hybridized carbons (Fsp3) is 0.375. The highest BCUT2D eigenvalue weighted by Crippen LogP contribution is 2.35. The first-order chi connectivity index (χ1) is 10.3. The van der Waals surface area contributed by atoms with Gasteiger partial charge in [-0.3, -0.25) is 9.69 Å². The fourth-order valence-corrected chi connectivity index (χ4v) is 3.05. The Morgan fingerprint density at radius 1 is 1.41 bits per heavy atom. The average Bonchev–Trinajstić information content (AvgIpc) is 2.71. The maximum absolute atomic E-state index is 12.7. The van der Waals surface area contributed by atoms with Crippen molar-refractivity contribution in [2.24, 2.45) is 5.73 Å². The molecule has 6 heteroatoms. The summed E-state index contributed by atoms with van der Waals surface area (Å²) in [5, 5.41) is 0. The SMILES string of the molecule is C=C(Br)C[C@H](N)C(=O)N1C(=O)N(C)[C@@H](C)[C@H]1c1ccccc1. The maximum Gasteiger partial charge on any atom is 0.327 e. The number of nitrogens with zero attached hydrogens (tertiary/aromatic N) is 2. The van der Waals surface area contributed by atoms with Gasteiger partial charge in [0.1, 0.15) is 0 Å². The molecule has 5 nitrogen and oxygen atoms in total. The highest BCUT2D eigenvalue weighted by molar-refractivity contribution is 9.11. The molecule has 0 spiro atoms. The van der Waals surface area contributed by atoms with Crippen LogP contribution in [-0.4, -0.2) is 40.9 Å². The van der Waals surface area contributed by atoms with Crippen molar-refractivity contribution in [3.63, 3.8) is 0 Å². The first-order valence-electron chi connectivity index (χ1n) is 7.08. The first-order valence-corrected chi connectivity index (χ1v) is 7.87. The van der Waals surface area contributed by atoms with Crippen LogP contribution < -0.4 is 5.73 Å². The molecule has 1 fully saturated rings. The maximum atomic E-state index is 12.7. The third-order valence-electron chi connectivity index (χ3n) is 3.99. The Labute approximate surface area is 138 Å². The van der Waals surface area contributed by atoms with Crippen molar-refractivity contribution in [1.29, 1.82) is 0 Å². The predicted octanol–water partition coefficient (Wildman–Crippen LogP) is 2.64. The van der Waals surface area contributed by atoms with Crippen LogP contribution >= 0.6 is 15.9 Å². The number of hydrogen-bond donors (Lipinski definition) is 1. The number of nitrogens with two attached hydrogens (primary N) is 1. The van der Waals surface area contributed by atoms with Gasteiger partial charge in [0.15, 0.2) is 0 Å². The summed E-state index contributed by atoms with van der Waals surface area (Å²) in [5.41, 5.74) is 6.86. The summed E-state index contributed by atoms with van der Waals surface area (Å²) in [5.74, 6) is -0.379. The lowest BCUT2D eigenvalue weighted by atomic mass is 9.99. The van der Waals surface area contributed by atoms with E-state index in [1.54, 1.807) is 11.9 Å². The van der Waals surface area contributed by atoms with Gasteiger partial charge in [-0.25, -0.2) is 4.79 Å². The zero-order chi connectivity index (χ0) is 16.4. The summed E-state index contributed by atoms with van der Waals surface area (Å²) >= 11 is 3.21. The summed E-state index contributed by atoms with van der Waals surface area (Å²) < 4.78 is 0.637. The van der Waals surface area contributed by atoms with Gasteiger partial charge >= 0.3 is 6.03 Å². The number of urea groups is 1. The molecular formula is C16H20BrN3O2. The molecule has 1 aliphatic rings. The molecule has 0 unspecified atom stereocenters. The van der Waals surface area contributed by atoms with Crippen molar-refractivity contribution in [1.82, 2.24) is 9.80 Å². The summed E-state index contributed by atoms with van der Waals surface area (Å²) in [6, 6.07) is 7.98. The molecule has 1 aromatic rings. The van der Waals surface area contributed by atoms with E-state index in [9.17, 15) is 9.59 Å². The smallest absolute Gasteiger partial charge is 0.322 e. The number of halogens is 1. The molecule has 2 N–H and O–H groups in total. The Hall–Kier alpha value is -1.66. The lowest BCUT2D eigenvalue weighted by Gasteiger charge is -2.26. The Kier molecular flexibility index (Phi) is 5.03. The van der Waals surface area contributed by atoms with E-state index >= 15 is 0 Å². The lowest BCUT2D eigenvalue weighted by molar-refractivity contribution is -0.130. The van der Waals surface area contributed by atoms with Crippen LogP contribution in [-0.2, 0) is 4.79 Å². The molecule has 2 rings (SSSR count). The number of likely N-dealkylation sites (N-methyl/N-ethyl adjacent to an activating group) is 1. The Morgan fingerprint density at radius 3 is 2.55 bits per heavy atom. The van der Waals surface area contributed by atoms with Crippen LogP contribution in [0.1, 0.15) is 24.9 Å². The van der Waals surface area contributed by atoms with E-state index in [1.807, 2.05) is 37.3 Å². The molecule has 3 amide bonds. The molecule has 118 valence electrons. The van der Waals surface area contributed by atoms with Crippen LogP contribution in [0.5, 0.6) is 0 Å². The molecule has 0 bridgehead atoms. The van der Waals surface area contributed by atoms with Crippen LogP contribution in [0.25, 0.3) is 0 Å². The number of rotatable bonds is 4. The van der Waals surface area contributed by atoms with Crippen molar-refractivity contribution in [2.45, 2.75) is 31.5 Å². The van der Waals surface area contributed by atoms with Gasteiger partial charge in [-0.1, -0.05) is 52.8 Å². The van der Waals surface area contributed by atoms with E-state index in [0.717, 1.165) is 5.56 Å². The quantitative estimate of drug-likeness (QED) is 0.891. The molecule has 22 heavy (non-hydrogen) atoms. The highest BCUT2D eigenvalue weighted by Gasteiger charge is 2.46. The summed E-state index contributed by atoms with van der Waals surface area (Å²) in [7, 11) is 1.70. The van der Waals surface area contributed by atoms with Crippen molar-refractivity contribution < 1.29 is 9.59 Å². The molecule has 3 atom stereocenters. The molecule has 0 radical (unpaired) electrons. The van der Waals surface area contributed by atoms with E-state index in [0.29, 0.717) is 10.9 Å². The van der Waals surface area contributed by atoms with Gasteiger partial charge in [-0.05, 0) is 17.0 Å². The number of benzene rings is 1. The third-order valence-corrected chi connectivity index (χ3v) is 4.31. The largest absolute Gasteiger partial charge is 0.327 e.